The van der Waals surface area contributed by atoms with Crippen LogP contribution in [0.2, 0.25) is 0 Å². The number of ether oxygens (including phenoxy) is 1. The summed E-state index contributed by atoms with van der Waals surface area (Å²) in [6, 6.07) is 15.4. The summed E-state index contributed by atoms with van der Waals surface area (Å²) in [5.74, 6) is 0.633. The SMILES string of the molecule is CC[C@@H](C(=O)NC)N(Cc1ccc(C)cc1)C(=O)CCCOc1ccc(C)cc1. The lowest BCUT2D eigenvalue weighted by molar-refractivity contribution is -0.141. The number of nitrogens with one attached hydrogen (secondary N) is 1. The van der Waals surface area contributed by atoms with Gasteiger partial charge in [0.1, 0.15) is 11.8 Å². The van der Waals surface area contributed by atoms with E-state index in [-0.39, 0.29) is 11.8 Å². The van der Waals surface area contributed by atoms with Crippen molar-refractivity contribution in [2.75, 3.05) is 13.7 Å². The maximum absolute atomic E-state index is 13.0. The fraction of sp³-hybridized carbons (Fsp3) is 0.417. The summed E-state index contributed by atoms with van der Waals surface area (Å²) in [7, 11) is 1.61. The van der Waals surface area contributed by atoms with Gasteiger partial charge in [0.05, 0.1) is 6.61 Å². The Morgan fingerprint density at radius 2 is 1.59 bits per heavy atom. The van der Waals surface area contributed by atoms with E-state index in [1.165, 1.54) is 11.1 Å². The van der Waals surface area contributed by atoms with Gasteiger partial charge < -0.3 is 15.0 Å². The Bertz CT molecular complexity index is 785. The smallest absolute Gasteiger partial charge is 0.242 e. The molecule has 156 valence electrons. The third kappa shape index (κ3) is 6.93. The van der Waals surface area contributed by atoms with E-state index in [1.54, 1.807) is 11.9 Å². The van der Waals surface area contributed by atoms with Crippen LogP contribution in [-0.2, 0) is 16.1 Å². The molecule has 0 aromatic heterocycles. The first-order valence-electron chi connectivity index (χ1n) is 10.2. The van der Waals surface area contributed by atoms with Gasteiger partial charge >= 0.3 is 0 Å². The Labute approximate surface area is 174 Å². The van der Waals surface area contributed by atoms with Gasteiger partial charge in [0.15, 0.2) is 0 Å². The average molecular weight is 397 g/mol. The fourth-order valence-electron chi connectivity index (χ4n) is 3.17. The molecule has 0 saturated carbocycles. The van der Waals surface area contributed by atoms with Gasteiger partial charge in [-0.2, -0.15) is 0 Å². The maximum atomic E-state index is 13.0. The van der Waals surface area contributed by atoms with Crippen molar-refractivity contribution in [2.24, 2.45) is 0 Å². The highest BCUT2D eigenvalue weighted by Gasteiger charge is 2.27. The third-order valence-electron chi connectivity index (χ3n) is 4.93. The van der Waals surface area contributed by atoms with Gasteiger partial charge in [-0.3, -0.25) is 9.59 Å². The Morgan fingerprint density at radius 1 is 1.00 bits per heavy atom. The van der Waals surface area contributed by atoms with Gasteiger partial charge in [-0.1, -0.05) is 54.4 Å². The van der Waals surface area contributed by atoms with Crippen molar-refractivity contribution >= 4 is 11.8 Å². The topological polar surface area (TPSA) is 58.6 Å². The van der Waals surface area contributed by atoms with E-state index in [0.29, 0.717) is 32.4 Å². The lowest BCUT2D eigenvalue weighted by Gasteiger charge is -2.30. The number of carbonyl (C=O) groups is 2. The van der Waals surface area contributed by atoms with Gasteiger partial charge in [-0.05, 0) is 44.4 Å². The van der Waals surface area contributed by atoms with Crippen LogP contribution in [0.25, 0.3) is 0 Å². The van der Waals surface area contributed by atoms with Crippen LogP contribution in [0.4, 0.5) is 0 Å². The van der Waals surface area contributed by atoms with Crippen molar-refractivity contribution in [3.05, 3.63) is 65.2 Å². The number of nitrogens with zero attached hydrogens (tertiary/aromatic N) is 1. The van der Waals surface area contributed by atoms with Crippen molar-refractivity contribution in [3.8, 4) is 5.75 Å². The van der Waals surface area contributed by atoms with E-state index >= 15 is 0 Å². The lowest BCUT2D eigenvalue weighted by Crippen LogP contribution is -2.48. The highest BCUT2D eigenvalue weighted by molar-refractivity contribution is 5.87. The number of hydrogen-bond acceptors (Lipinski definition) is 3. The molecule has 1 atom stereocenters. The third-order valence-corrected chi connectivity index (χ3v) is 4.93. The van der Waals surface area contributed by atoms with Crippen LogP contribution in [-0.4, -0.2) is 36.4 Å². The molecule has 2 rings (SSSR count). The average Bonchev–Trinajstić information content (AvgIpc) is 2.73. The molecule has 2 aromatic rings. The van der Waals surface area contributed by atoms with Gasteiger partial charge in [0, 0.05) is 20.0 Å². The predicted octanol–water partition coefficient (Wildman–Crippen LogP) is 4.02. The summed E-state index contributed by atoms with van der Waals surface area (Å²) in [5, 5.41) is 2.68. The summed E-state index contributed by atoms with van der Waals surface area (Å²) in [6.07, 6.45) is 1.50. The van der Waals surface area contributed by atoms with Gasteiger partial charge in [-0.15, -0.1) is 0 Å². The molecule has 0 unspecified atom stereocenters. The molecule has 2 aromatic carbocycles. The zero-order chi connectivity index (χ0) is 21.2. The first-order valence-corrected chi connectivity index (χ1v) is 10.2. The molecule has 0 aliphatic rings. The van der Waals surface area contributed by atoms with Crippen molar-refractivity contribution in [1.29, 1.82) is 0 Å². The molecule has 0 aliphatic heterocycles. The molecule has 0 bridgehead atoms. The van der Waals surface area contributed by atoms with Crippen LogP contribution in [0, 0.1) is 13.8 Å². The lowest BCUT2D eigenvalue weighted by atomic mass is 10.1. The molecule has 5 heteroatoms. The number of benzene rings is 2. The van der Waals surface area contributed by atoms with Crippen LogP contribution in [0.3, 0.4) is 0 Å². The van der Waals surface area contributed by atoms with Crippen LogP contribution in [0.15, 0.2) is 48.5 Å². The Morgan fingerprint density at radius 3 is 2.14 bits per heavy atom. The fourth-order valence-corrected chi connectivity index (χ4v) is 3.17. The second-order valence-electron chi connectivity index (χ2n) is 7.31. The summed E-state index contributed by atoms with van der Waals surface area (Å²) in [4.78, 5) is 27.0. The second-order valence-corrected chi connectivity index (χ2v) is 7.31. The van der Waals surface area contributed by atoms with E-state index in [4.69, 9.17) is 4.74 Å². The van der Waals surface area contributed by atoms with Crippen molar-refractivity contribution in [1.82, 2.24) is 10.2 Å². The minimum Gasteiger partial charge on any atom is -0.494 e. The molecular formula is C24H32N2O3. The maximum Gasteiger partial charge on any atom is 0.242 e. The number of aryl methyl sites for hydroxylation is 2. The first-order chi connectivity index (χ1) is 13.9. The molecule has 29 heavy (non-hydrogen) atoms. The minimum atomic E-state index is -0.480. The van der Waals surface area contributed by atoms with Crippen molar-refractivity contribution in [2.45, 2.75) is 52.6 Å². The Hall–Kier alpha value is -2.82. The molecule has 0 saturated heterocycles. The molecule has 5 nitrogen and oxygen atoms in total. The van der Waals surface area contributed by atoms with Gasteiger partial charge in [0.2, 0.25) is 11.8 Å². The largest absolute Gasteiger partial charge is 0.494 e. The number of hydrogen-bond donors (Lipinski definition) is 1. The minimum absolute atomic E-state index is 0.0338. The van der Waals surface area contributed by atoms with Crippen molar-refractivity contribution < 1.29 is 14.3 Å². The number of likely N-dealkylation sites (N-methyl/N-ethyl adjacent to an activating group) is 1. The Balaban J connectivity index is 1.99. The van der Waals surface area contributed by atoms with Crippen LogP contribution < -0.4 is 10.1 Å². The molecule has 0 radical (unpaired) electrons. The molecule has 0 heterocycles. The molecule has 0 aliphatic carbocycles. The van der Waals surface area contributed by atoms with E-state index in [9.17, 15) is 9.59 Å². The van der Waals surface area contributed by atoms with Crippen LogP contribution in [0.5, 0.6) is 5.75 Å². The molecule has 0 spiro atoms. The molecule has 2 amide bonds. The summed E-state index contributed by atoms with van der Waals surface area (Å²) < 4.78 is 5.73. The van der Waals surface area contributed by atoms with Crippen LogP contribution in [0.1, 0.15) is 42.9 Å². The molecule has 0 fully saturated rings. The normalized spacial score (nSPS) is 11.6. The monoisotopic (exact) mass is 396 g/mol. The number of amides is 2. The Kier molecular flexibility index (Phi) is 8.71. The zero-order valence-electron chi connectivity index (χ0n) is 17.9. The molecular weight excluding hydrogens is 364 g/mol. The quantitative estimate of drug-likeness (QED) is 0.617. The highest BCUT2D eigenvalue weighted by Crippen LogP contribution is 2.16. The summed E-state index contributed by atoms with van der Waals surface area (Å²) in [5.41, 5.74) is 3.36. The standard InChI is InChI=1S/C24H32N2O3/c1-5-22(24(28)25-4)26(17-20-12-8-18(2)9-13-20)23(27)7-6-16-29-21-14-10-19(3)11-15-21/h8-15,22H,5-7,16-17H2,1-4H3,(H,25,28)/t22-/m0/s1. The number of rotatable bonds is 10. The first kappa shape index (κ1) is 22.5. The predicted molar refractivity (Wildman–Crippen MR) is 116 cm³/mol. The van der Waals surface area contributed by atoms with E-state index < -0.39 is 6.04 Å². The summed E-state index contributed by atoms with van der Waals surface area (Å²) >= 11 is 0. The van der Waals surface area contributed by atoms with E-state index in [1.807, 2.05) is 69.3 Å². The highest BCUT2D eigenvalue weighted by atomic mass is 16.5. The van der Waals surface area contributed by atoms with Crippen molar-refractivity contribution in [3.63, 3.8) is 0 Å². The molecule has 1 N–H and O–H groups in total. The van der Waals surface area contributed by atoms with Gasteiger partial charge in [0.25, 0.3) is 0 Å². The van der Waals surface area contributed by atoms with Crippen LogP contribution >= 0.6 is 0 Å². The zero-order valence-corrected chi connectivity index (χ0v) is 17.9. The second kappa shape index (κ2) is 11.2. The number of carbonyl (C=O) groups excluding carboxylic acids is 2. The van der Waals surface area contributed by atoms with E-state index in [0.717, 1.165) is 11.3 Å². The van der Waals surface area contributed by atoms with Gasteiger partial charge in [-0.25, -0.2) is 0 Å². The van der Waals surface area contributed by atoms with E-state index in [2.05, 4.69) is 5.32 Å². The summed E-state index contributed by atoms with van der Waals surface area (Å²) in [6.45, 7) is 6.87.